The van der Waals surface area contributed by atoms with E-state index in [1.165, 1.54) is 0 Å². The minimum atomic E-state index is -0.204. The third kappa shape index (κ3) is 2.89. The van der Waals surface area contributed by atoms with Gasteiger partial charge in [-0.1, -0.05) is 0 Å². The Morgan fingerprint density at radius 3 is 3.11 bits per heavy atom. The molecule has 0 saturated carbocycles. The van der Waals surface area contributed by atoms with Gasteiger partial charge in [-0.25, -0.2) is 10.8 Å². The summed E-state index contributed by atoms with van der Waals surface area (Å²) in [7, 11) is 0. The molecule has 0 aromatic carbocycles. The minimum absolute atomic E-state index is 0.00839. The molecule has 0 aliphatic carbocycles. The van der Waals surface area contributed by atoms with Gasteiger partial charge in [-0.2, -0.15) is 4.98 Å². The summed E-state index contributed by atoms with van der Waals surface area (Å²) < 4.78 is 6.38. The van der Waals surface area contributed by atoms with Crippen LogP contribution in [0.25, 0.3) is 0 Å². The Kier molecular flexibility index (Phi) is 4.33. The first-order chi connectivity index (χ1) is 8.63. The molecule has 0 amide bonds. The number of aromatic nitrogens is 2. The fourth-order valence-electron chi connectivity index (χ4n) is 1.97. The third-order valence-corrected chi connectivity index (χ3v) is 3.24. The largest absolute Gasteiger partial charge is 0.394 e. The molecule has 8 heteroatoms. The first-order valence-electron chi connectivity index (χ1n) is 5.64. The van der Waals surface area contributed by atoms with Gasteiger partial charge in [0.25, 0.3) is 0 Å². The summed E-state index contributed by atoms with van der Waals surface area (Å²) in [4.78, 5) is 10.4. The predicted molar refractivity (Wildman–Crippen MR) is 71.2 cm³/mol. The van der Waals surface area contributed by atoms with Crippen LogP contribution in [-0.2, 0) is 4.74 Å². The summed E-state index contributed by atoms with van der Waals surface area (Å²) in [5.41, 5.74) is 2.42. The Morgan fingerprint density at radius 2 is 2.44 bits per heavy atom. The quantitative estimate of drug-likeness (QED) is 0.538. The highest BCUT2D eigenvalue weighted by Gasteiger charge is 2.27. The van der Waals surface area contributed by atoms with Crippen molar-refractivity contribution in [2.45, 2.75) is 19.1 Å². The number of anilines is 2. The number of aliphatic hydroxyl groups is 1. The molecule has 1 aromatic rings. The summed E-state index contributed by atoms with van der Waals surface area (Å²) in [6, 6.07) is 0. The van der Waals surface area contributed by atoms with Crippen molar-refractivity contribution in [1.29, 1.82) is 0 Å². The number of aliphatic hydroxyl groups excluding tert-OH is 1. The van der Waals surface area contributed by atoms with E-state index < -0.39 is 0 Å². The number of ether oxygens (including phenoxy) is 1. The number of nitrogens with two attached hydrogens (primary N) is 1. The normalized spacial score (nSPS) is 24.1. The van der Waals surface area contributed by atoms with Gasteiger partial charge in [0.05, 0.1) is 23.3 Å². The van der Waals surface area contributed by atoms with Crippen LogP contribution < -0.4 is 16.2 Å². The molecule has 1 aromatic heterocycles. The zero-order chi connectivity index (χ0) is 13.1. The number of nitrogens with one attached hydrogen (secondary N) is 1. The lowest BCUT2D eigenvalue weighted by Crippen LogP contribution is -2.48. The number of rotatable bonds is 3. The molecule has 1 aliphatic rings. The van der Waals surface area contributed by atoms with E-state index in [2.05, 4.69) is 31.3 Å². The summed E-state index contributed by atoms with van der Waals surface area (Å²) in [6.45, 7) is 3.24. The van der Waals surface area contributed by atoms with E-state index in [4.69, 9.17) is 10.6 Å². The van der Waals surface area contributed by atoms with Gasteiger partial charge < -0.3 is 14.7 Å². The molecule has 7 nitrogen and oxygen atoms in total. The van der Waals surface area contributed by atoms with Crippen molar-refractivity contribution in [3.05, 3.63) is 10.7 Å². The molecule has 0 spiro atoms. The van der Waals surface area contributed by atoms with Crippen molar-refractivity contribution in [2.75, 3.05) is 30.0 Å². The molecule has 0 bridgehead atoms. The zero-order valence-electron chi connectivity index (χ0n) is 10.0. The van der Waals surface area contributed by atoms with E-state index >= 15 is 0 Å². The first kappa shape index (κ1) is 13.5. The molecule has 1 fully saturated rings. The second-order valence-electron chi connectivity index (χ2n) is 4.17. The zero-order valence-corrected chi connectivity index (χ0v) is 11.6. The van der Waals surface area contributed by atoms with Crippen molar-refractivity contribution < 1.29 is 9.84 Å². The molecule has 4 N–H and O–H groups in total. The number of morpholine rings is 1. The van der Waals surface area contributed by atoms with E-state index in [9.17, 15) is 5.11 Å². The van der Waals surface area contributed by atoms with Crippen LogP contribution in [-0.4, -0.2) is 47.0 Å². The molecule has 100 valence electrons. The average molecular weight is 318 g/mol. The van der Waals surface area contributed by atoms with Crippen LogP contribution in [0.2, 0.25) is 0 Å². The van der Waals surface area contributed by atoms with Crippen molar-refractivity contribution in [1.82, 2.24) is 9.97 Å². The molecular formula is C10H16BrN5O2. The van der Waals surface area contributed by atoms with Crippen molar-refractivity contribution in [3.63, 3.8) is 0 Å². The van der Waals surface area contributed by atoms with Gasteiger partial charge >= 0.3 is 0 Å². The third-order valence-electron chi connectivity index (χ3n) is 2.68. The maximum absolute atomic E-state index is 9.22. The lowest BCUT2D eigenvalue weighted by Gasteiger charge is -2.37. The van der Waals surface area contributed by atoms with E-state index in [0.29, 0.717) is 19.0 Å². The second kappa shape index (κ2) is 5.79. The van der Waals surface area contributed by atoms with Crippen LogP contribution in [0.4, 0.5) is 11.8 Å². The lowest BCUT2D eigenvalue weighted by atomic mass is 10.2. The molecule has 18 heavy (non-hydrogen) atoms. The van der Waals surface area contributed by atoms with E-state index in [-0.39, 0.29) is 18.8 Å². The Bertz CT molecular complexity index is 419. The Labute approximate surface area is 113 Å². The summed E-state index contributed by atoms with van der Waals surface area (Å²) in [5, 5.41) is 9.22. The minimum Gasteiger partial charge on any atom is -0.394 e. The number of hydrogen-bond donors (Lipinski definition) is 3. The van der Waals surface area contributed by atoms with Crippen LogP contribution in [0.1, 0.15) is 6.92 Å². The smallest absolute Gasteiger partial charge is 0.239 e. The number of hydrazine groups is 1. The van der Waals surface area contributed by atoms with Gasteiger partial charge in [0.1, 0.15) is 5.82 Å². The number of hydrogen-bond acceptors (Lipinski definition) is 7. The van der Waals surface area contributed by atoms with Gasteiger partial charge in [0.2, 0.25) is 5.95 Å². The predicted octanol–water partition coefficient (Wildman–Crippen LogP) is 0.111. The van der Waals surface area contributed by atoms with E-state index in [1.807, 2.05) is 11.8 Å². The molecule has 1 aliphatic heterocycles. The molecule has 2 heterocycles. The number of nitrogen functional groups attached to an aromatic ring is 1. The van der Waals surface area contributed by atoms with Crippen LogP contribution >= 0.6 is 15.9 Å². The molecule has 0 radical (unpaired) electrons. The average Bonchev–Trinajstić information content (AvgIpc) is 2.38. The summed E-state index contributed by atoms with van der Waals surface area (Å²) in [5.74, 6) is 6.40. The molecular weight excluding hydrogens is 302 g/mol. The maximum atomic E-state index is 9.22. The molecule has 2 unspecified atom stereocenters. The highest BCUT2D eigenvalue weighted by atomic mass is 79.9. The van der Waals surface area contributed by atoms with Crippen molar-refractivity contribution >= 4 is 27.7 Å². The Balaban J connectivity index is 2.24. The van der Waals surface area contributed by atoms with E-state index in [1.54, 1.807) is 6.20 Å². The first-order valence-corrected chi connectivity index (χ1v) is 6.43. The van der Waals surface area contributed by atoms with Crippen molar-refractivity contribution in [3.8, 4) is 0 Å². The topological polar surface area (TPSA) is 96.5 Å². The standard InChI is InChI=1S/C10H16BrN5O2/c1-6-3-16(4-7(5-17)18-6)9-8(11)2-13-10(14-9)15-12/h2,6-7,17H,3-5,12H2,1H3,(H,13,14,15). The van der Waals surface area contributed by atoms with Gasteiger partial charge in [0.15, 0.2) is 0 Å². The van der Waals surface area contributed by atoms with Crippen LogP contribution in [0.3, 0.4) is 0 Å². The Hall–Kier alpha value is -0.960. The maximum Gasteiger partial charge on any atom is 0.239 e. The van der Waals surface area contributed by atoms with Crippen molar-refractivity contribution in [2.24, 2.45) is 5.84 Å². The highest BCUT2D eigenvalue weighted by Crippen LogP contribution is 2.26. The summed E-state index contributed by atoms with van der Waals surface area (Å²) in [6.07, 6.45) is 1.47. The fourth-order valence-corrected chi connectivity index (χ4v) is 2.41. The highest BCUT2D eigenvalue weighted by molar-refractivity contribution is 9.10. The van der Waals surface area contributed by atoms with Crippen LogP contribution in [0.5, 0.6) is 0 Å². The van der Waals surface area contributed by atoms with Gasteiger partial charge in [0, 0.05) is 19.3 Å². The molecule has 2 atom stereocenters. The lowest BCUT2D eigenvalue weighted by molar-refractivity contribution is -0.0423. The van der Waals surface area contributed by atoms with Crippen LogP contribution in [0.15, 0.2) is 10.7 Å². The number of halogens is 1. The monoisotopic (exact) mass is 317 g/mol. The van der Waals surface area contributed by atoms with E-state index in [0.717, 1.165) is 10.3 Å². The van der Waals surface area contributed by atoms with Crippen LogP contribution in [0, 0.1) is 0 Å². The summed E-state index contributed by atoms with van der Waals surface area (Å²) >= 11 is 3.42. The van der Waals surface area contributed by atoms with Gasteiger partial charge in [-0.15, -0.1) is 0 Å². The second-order valence-corrected chi connectivity index (χ2v) is 5.02. The fraction of sp³-hybridized carbons (Fsp3) is 0.600. The number of nitrogens with zero attached hydrogens (tertiary/aromatic N) is 3. The molecule has 2 rings (SSSR count). The molecule has 1 saturated heterocycles. The Morgan fingerprint density at radius 1 is 1.67 bits per heavy atom. The van der Waals surface area contributed by atoms with Gasteiger partial charge in [-0.3, -0.25) is 5.43 Å². The SMILES string of the molecule is CC1CN(c2nc(NN)ncc2Br)CC(CO)O1. The van der Waals surface area contributed by atoms with Gasteiger partial charge in [-0.05, 0) is 22.9 Å².